The highest BCUT2D eigenvalue weighted by Crippen LogP contribution is 2.33. The third-order valence-corrected chi connectivity index (χ3v) is 8.23. The summed E-state index contributed by atoms with van der Waals surface area (Å²) in [6.07, 6.45) is 1.53. The Kier molecular flexibility index (Phi) is 9.49. The first-order chi connectivity index (χ1) is 20.9. The van der Waals surface area contributed by atoms with Crippen LogP contribution in [0.15, 0.2) is 66.7 Å². The van der Waals surface area contributed by atoms with E-state index in [9.17, 15) is 14.4 Å². The molecule has 1 N–H and O–H groups in total. The molecule has 5 rings (SSSR count). The first kappa shape index (κ1) is 29.9. The van der Waals surface area contributed by atoms with Gasteiger partial charge in [0.2, 0.25) is 12.7 Å². The molecule has 1 fully saturated rings. The molecule has 1 atom stereocenters. The zero-order chi connectivity index (χ0) is 30.3. The second-order valence-electron chi connectivity index (χ2n) is 10.8. The van der Waals surface area contributed by atoms with Gasteiger partial charge < -0.3 is 29.5 Å². The van der Waals surface area contributed by atoms with E-state index in [0.717, 1.165) is 24.1 Å². The van der Waals surface area contributed by atoms with Crippen molar-refractivity contribution in [3.63, 3.8) is 0 Å². The fourth-order valence-electron chi connectivity index (χ4n) is 5.82. The Morgan fingerprint density at radius 3 is 2.37 bits per heavy atom. The molecule has 2 heterocycles. The highest BCUT2D eigenvalue weighted by Gasteiger charge is 2.28. The van der Waals surface area contributed by atoms with Crippen LogP contribution in [0.25, 0.3) is 0 Å². The maximum atomic E-state index is 13.7. The molecule has 0 bridgehead atoms. The molecule has 0 unspecified atom stereocenters. The van der Waals surface area contributed by atoms with Gasteiger partial charge in [0.05, 0.1) is 11.5 Å². The Balaban J connectivity index is 1.36. The molecule has 0 aromatic heterocycles. The molecular formula is C34H40N4O5. The Morgan fingerprint density at radius 1 is 0.860 bits per heavy atom. The monoisotopic (exact) mass is 584 g/mol. The summed E-state index contributed by atoms with van der Waals surface area (Å²) in [6, 6.07) is 20.5. The van der Waals surface area contributed by atoms with E-state index in [4.69, 9.17) is 9.47 Å². The molecule has 0 aliphatic carbocycles. The van der Waals surface area contributed by atoms with Crippen LogP contribution in [0.1, 0.15) is 65.8 Å². The summed E-state index contributed by atoms with van der Waals surface area (Å²) in [6.45, 7) is 9.81. The lowest BCUT2D eigenvalue weighted by molar-refractivity contribution is -0.132. The molecule has 9 nitrogen and oxygen atoms in total. The van der Waals surface area contributed by atoms with E-state index in [1.165, 1.54) is 0 Å². The standard InChI is InChI=1S/C34H40N4O5/c1-4-27(24-11-8-7-9-12-24)33(40)38-18-10-17-37(19-20-38)29-15-14-26(22-28(29)34(41)36(5-2)6-3)35-32(39)25-13-16-30-31(21-25)43-23-42-30/h7-9,11-16,21-22,27H,4-6,10,17-20,23H2,1-3H3,(H,35,39)/t27-/m0/s1. The highest BCUT2D eigenvalue weighted by molar-refractivity contribution is 6.06. The van der Waals surface area contributed by atoms with Gasteiger partial charge >= 0.3 is 0 Å². The minimum atomic E-state index is -0.305. The number of nitrogens with zero attached hydrogens (tertiary/aromatic N) is 3. The average molecular weight is 585 g/mol. The topological polar surface area (TPSA) is 91.4 Å². The average Bonchev–Trinajstić information content (AvgIpc) is 3.37. The van der Waals surface area contributed by atoms with Gasteiger partial charge in [0.25, 0.3) is 11.8 Å². The van der Waals surface area contributed by atoms with Crippen LogP contribution in [0.3, 0.4) is 0 Å². The Hall–Kier alpha value is -4.53. The number of carbonyl (C=O) groups is 3. The molecule has 9 heteroatoms. The Labute approximate surface area is 253 Å². The predicted octanol–water partition coefficient (Wildman–Crippen LogP) is 5.38. The van der Waals surface area contributed by atoms with E-state index in [1.807, 2.05) is 61.2 Å². The van der Waals surface area contributed by atoms with Gasteiger partial charge in [-0.2, -0.15) is 0 Å². The predicted molar refractivity (Wildman–Crippen MR) is 167 cm³/mol. The molecule has 3 amide bonds. The number of ether oxygens (including phenoxy) is 2. The van der Waals surface area contributed by atoms with Gasteiger partial charge in [-0.25, -0.2) is 0 Å². The number of hydrogen-bond acceptors (Lipinski definition) is 6. The number of benzene rings is 3. The number of anilines is 2. The molecule has 0 saturated carbocycles. The number of fused-ring (bicyclic) bond motifs is 1. The van der Waals surface area contributed by atoms with E-state index < -0.39 is 0 Å². The van der Waals surface area contributed by atoms with Crippen molar-refractivity contribution in [1.82, 2.24) is 9.80 Å². The summed E-state index contributed by atoms with van der Waals surface area (Å²) in [4.78, 5) is 46.4. The van der Waals surface area contributed by atoms with Crippen LogP contribution in [0.5, 0.6) is 11.5 Å². The molecule has 0 radical (unpaired) electrons. The third-order valence-electron chi connectivity index (χ3n) is 8.23. The van der Waals surface area contributed by atoms with Crippen LogP contribution in [-0.2, 0) is 4.79 Å². The van der Waals surface area contributed by atoms with Crippen LogP contribution >= 0.6 is 0 Å². The van der Waals surface area contributed by atoms with Crippen LogP contribution < -0.4 is 19.7 Å². The first-order valence-corrected chi connectivity index (χ1v) is 15.2. The van der Waals surface area contributed by atoms with Crippen molar-refractivity contribution in [2.75, 3.05) is 56.3 Å². The minimum absolute atomic E-state index is 0.0912. The third kappa shape index (κ3) is 6.61. The zero-order valence-electron chi connectivity index (χ0n) is 25.2. The van der Waals surface area contributed by atoms with Crippen molar-refractivity contribution in [3.8, 4) is 11.5 Å². The van der Waals surface area contributed by atoms with E-state index in [-0.39, 0.29) is 30.4 Å². The lowest BCUT2D eigenvalue weighted by atomic mass is 9.95. The second-order valence-corrected chi connectivity index (χ2v) is 10.8. The van der Waals surface area contributed by atoms with Gasteiger partial charge in [-0.05, 0) is 68.7 Å². The summed E-state index contributed by atoms with van der Waals surface area (Å²) in [5, 5.41) is 2.94. The van der Waals surface area contributed by atoms with Gasteiger partial charge in [-0.1, -0.05) is 37.3 Å². The lowest BCUT2D eigenvalue weighted by Gasteiger charge is -2.29. The van der Waals surface area contributed by atoms with E-state index in [0.29, 0.717) is 67.6 Å². The fraction of sp³-hybridized carbons (Fsp3) is 0.382. The van der Waals surface area contributed by atoms with Gasteiger partial charge in [0.1, 0.15) is 0 Å². The van der Waals surface area contributed by atoms with Crippen molar-refractivity contribution in [2.24, 2.45) is 0 Å². The van der Waals surface area contributed by atoms with Gasteiger partial charge in [0.15, 0.2) is 11.5 Å². The molecular weight excluding hydrogens is 544 g/mol. The summed E-state index contributed by atoms with van der Waals surface area (Å²) in [7, 11) is 0. The van der Waals surface area contributed by atoms with Crippen molar-refractivity contribution in [2.45, 2.75) is 39.5 Å². The van der Waals surface area contributed by atoms with Gasteiger partial charge in [-0.15, -0.1) is 0 Å². The second kappa shape index (κ2) is 13.6. The number of amides is 3. The smallest absolute Gasteiger partial charge is 0.256 e. The summed E-state index contributed by atoms with van der Waals surface area (Å²) in [5.74, 6) is 0.725. The van der Waals surface area contributed by atoms with Crippen molar-refractivity contribution < 1.29 is 23.9 Å². The van der Waals surface area contributed by atoms with E-state index in [2.05, 4.69) is 17.1 Å². The van der Waals surface area contributed by atoms with Crippen LogP contribution in [0.4, 0.5) is 11.4 Å². The molecule has 226 valence electrons. The SMILES string of the molecule is CC[C@H](C(=O)N1CCCN(c2ccc(NC(=O)c3ccc4c(c3)OCO4)cc2C(=O)N(CC)CC)CC1)c1ccccc1. The van der Waals surface area contributed by atoms with Gasteiger partial charge in [0, 0.05) is 56.2 Å². The molecule has 3 aromatic rings. The van der Waals surface area contributed by atoms with Crippen LogP contribution in [-0.4, -0.2) is 73.6 Å². The molecule has 1 saturated heterocycles. The summed E-state index contributed by atoms with van der Waals surface area (Å²) < 4.78 is 10.8. The fourth-order valence-corrected chi connectivity index (χ4v) is 5.82. The molecule has 0 spiro atoms. The zero-order valence-corrected chi connectivity index (χ0v) is 25.2. The van der Waals surface area contributed by atoms with Gasteiger partial charge in [-0.3, -0.25) is 14.4 Å². The number of nitrogens with one attached hydrogen (secondary N) is 1. The minimum Gasteiger partial charge on any atom is -0.454 e. The first-order valence-electron chi connectivity index (χ1n) is 15.2. The maximum absolute atomic E-state index is 13.7. The van der Waals surface area contributed by atoms with Crippen molar-refractivity contribution >= 4 is 29.1 Å². The lowest BCUT2D eigenvalue weighted by Crippen LogP contribution is -2.38. The number of carbonyl (C=O) groups excluding carboxylic acids is 3. The summed E-state index contributed by atoms with van der Waals surface area (Å²) >= 11 is 0. The maximum Gasteiger partial charge on any atom is 0.256 e. The summed E-state index contributed by atoms with van der Waals surface area (Å²) in [5.41, 5.74) is 3.34. The number of hydrogen-bond donors (Lipinski definition) is 1. The largest absolute Gasteiger partial charge is 0.454 e. The Bertz CT molecular complexity index is 1460. The molecule has 2 aliphatic rings. The van der Waals surface area contributed by atoms with Crippen molar-refractivity contribution in [3.05, 3.63) is 83.4 Å². The quantitative estimate of drug-likeness (QED) is 0.363. The van der Waals surface area contributed by atoms with E-state index >= 15 is 0 Å². The highest BCUT2D eigenvalue weighted by atomic mass is 16.7. The van der Waals surface area contributed by atoms with Crippen molar-refractivity contribution in [1.29, 1.82) is 0 Å². The molecule has 2 aliphatic heterocycles. The molecule has 3 aromatic carbocycles. The Morgan fingerprint density at radius 2 is 1.63 bits per heavy atom. The van der Waals surface area contributed by atoms with E-state index in [1.54, 1.807) is 29.2 Å². The van der Waals surface area contributed by atoms with Crippen LogP contribution in [0.2, 0.25) is 0 Å². The molecule has 43 heavy (non-hydrogen) atoms. The normalized spacial score (nSPS) is 15.0. The number of rotatable bonds is 9. The van der Waals surface area contributed by atoms with Crippen LogP contribution in [0, 0.1) is 0 Å².